The van der Waals surface area contributed by atoms with Gasteiger partial charge in [-0.25, -0.2) is 4.79 Å². The number of halogens is 1. The summed E-state index contributed by atoms with van der Waals surface area (Å²) in [7, 11) is 0. The molecule has 0 bridgehead atoms. The predicted octanol–water partition coefficient (Wildman–Crippen LogP) is 6.99. The number of thiocarbonyl (C=S) groups is 1. The molecule has 0 spiro atoms. The Morgan fingerprint density at radius 2 is 1.89 bits per heavy atom. The van der Waals surface area contributed by atoms with Gasteiger partial charge in [-0.2, -0.15) is 0 Å². The van der Waals surface area contributed by atoms with Gasteiger partial charge < -0.3 is 19.7 Å². The average Bonchev–Trinajstić information content (AvgIpc) is 3.49. The van der Waals surface area contributed by atoms with Crippen LogP contribution >= 0.6 is 23.8 Å². The zero-order valence-electron chi connectivity index (χ0n) is 19.7. The molecule has 0 radical (unpaired) electrons. The van der Waals surface area contributed by atoms with Crippen LogP contribution < -0.4 is 10.2 Å². The largest absolute Gasteiger partial charge is 0.478 e. The molecule has 5 rings (SSSR count). The first kappa shape index (κ1) is 24.0. The van der Waals surface area contributed by atoms with E-state index in [-0.39, 0.29) is 17.6 Å². The number of hydrogen-bond acceptors (Lipinski definition) is 4. The van der Waals surface area contributed by atoms with Crippen LogP contribution in [0.5, 0.6) is 0 Å². The Morgan fingerprint density at radius 3 is 2.56 bits per heavy atom. The molecule has 2 N–H and O–H groups in total. The molecule has 6 nitrogen and oxygen atoms in total. The Morgan fingerprint density at radius 1 is 1.11 bits per heavy atom. The fourth-order valence-electron chi connectivity index (χ4n) is 4.45. The van der Waals surface area contributed by atoms with Gasteiger partial charge in [0.25, 0.3) is 0 Å². The molecule has 2 atom stereocenters. The molecule has 0 saturated carbocycles. The summed E-state index contributed by atoms with van der Waals surface area (Å²) in [6.45, 7) is 4.32. The summed E-state index contributed by atoms with van der Waals surface area (Å²) in [5, 5.41) is 13.8. The van der Waals surface area contributed by atoms with Gasteiger partial charge in [0.2, 0.25) is 0 Å². The van der Waals surface area contributed by atoms with Gasteiger partial charge in [-0.1, -0.05) is 43.6 Å². The van der Waals surface area contributed by atoms with Crippen LogP contribution in [0.15, 0.2) is 83.4 Å². The quantitative estimate of drug-likeness (QED) is 0.267. The minimum Gasteiger partial charge on any atom is -0.478 e. The minimum absolute atomic E-state index is 0.134. The van der Waals surface area contributed by atoms with E-state index in [1.807, 2.05) is 29.2 Å². The Hall–Kier alpha value is -3.68. The highest BCUT2D eigenvalue weighted by molar-refractivity contribution is 7.80. The van der Waals surface area contributed by atoms with Gasteiger partial charge in [0.15, 0.2) is 5.11 Å². The van der Waals surface area contributed by atoms with E-state index in [0.717, 1.165) is 11.4 Å². The van der Waals surface area contributed by atoms with E-state index in [2.05, 4.69) is 48.4 Å². The number of anilines is 1. The van der Waals surface area contributed by atoms with E-state index < -0.39 is 5.97 Å². The number of aromatic nitrogens is 1. The zero-order chi connectivity index (χ0) is 25.4. The molecule has 0 amide bonds. The van der Waals surface area contributed by atoms with Crippen LogP contribution in [0.1, 0.15) is 59.2 Å². The maximum absolute atomic E-state index is 11.5. The lowest BCUT2D eigenvalue weighted by Crippen LogP contribution is -2.29. The molecular weight excluding hydrogens is 494 g/mol. The van der Waals surface area contributed by atoms with Gasteiger partial charge in [0.05, 0.1) is 22.3 Å². The first-order valence-electron chi connectivity index (χ1n) is 11.6. The number of carbonyl (C=O) groups is 1. The molecular formula is C28H24ClN3O3S. The summed E-state index contributed by atoms with van der Waals surface area (Å²) in [6, 6.07) is 21.8. The number of nitrogens with zero attached hydrogens (tertiary/aromatic N) is 2. The lowest BCUT2D eigenvalue weighted by Gasteiger charge is -2.26. The monoisotopic (exact) mass is 517 g/mol. The highest BCUT2D eigenvalue weighted by Gasteiger charge is 2.42. The van der Waals surface area contributed by atoms with Gasteiger partial charge in [-0.05, 0) is 78.3 Å². The van der Waals surface area contributed by atoms with Crippen molar-refractivity contribution in [2.75, 3.05) is 4.90 Å². The number of furan rings is 1. The van der Waals surface area contributed by atoms with Gasteiger partial charge >= 0.3 is 5.97 Å². The first-order chi connectivity index (χ1) is 17.3. The number of hydrogen-bond donors (Lipinski definition) is 2. The highest BCUT2D eigenvalue weighted by Crippen LogP contribution is 2.43. The van der Waals surface area contributed by atoms with E-state index in [9.17, 15) is 9.90 Å². The van der Waals surface area contributed by atoms with Crippen LogP contribution in [-0.2, 0) is 0 Å². The van der Waals surface area contributed by atoms with Gasteiger partial charge in [-0.15, -0.1) is 0 Å². The topological polar surface area (TPSA) is 78.6 Å². The molecule has 1 aliphatic rings. The van der Waals surface area contributed by atoms with Crippen molar-refractivity contribution in [3.8, 4) is 11.3 Å². The maximum Gasteiger partial charge on any atom is 0.335 e. The molecule has 4 aromatic rings. The molecule has 2 unspecified atom stereocenters. The van der Waals surface area contributed by atoms with Gasteiger partial charge in [0, 0.05) is 17.4 Å². The summed E-state index contributed by atoms with van der Waals surface area (Å²) in [5.74, 6) is 0.513. The number of aromatic carboxylic acids is 1. The predicted molar refractivity (Wildman–Crippen MR) is 145 cm³/mol. The third-order valence-corrected chi connectivity index (χ3v) is 6.98. The van der Waals surface area contributed by atoms with E-state index in [1.54, 1.807) is 18.3 Å². The Bertz CT molecular complexity index is 1420. The third kappa shape index (κ3) is 4.47. The number of benzene rings is 2. The fourth-order valence-corrected chi connectivity index (χ4v) is 5.00. The van der Waals surface area contributed by atoms with Crippen LogP contribution in [0.3, 0.4) is 0 Å². The van der Waals surface area contributed by atoms with Gasteiger partial charge in [0.1, 0.15) is 17.6 Å². The second-order valence-corrected chi connectivity index (χ2v) is 9.74. The van der Waals surface area contributed by atoms with Crippen molar-refractivity contribution in [3.63, 3.8) is 0 Å². The van der Waals surface area contributed by atoms with Crippen LogP contribution in [-0.4, -0.2) is 21.2 Å². The van der Waals surface area contributed by atoms with E-state index in [1.165, 1.54) is 17.7 Å². The van der Waals surface area contributed by atoms with Crippen molar-refractivity contribution in [3.05, 3.63) is 107 Å². The van der Waals surface area contributed by atoms with Crippen molar-refractivity contribution in [2.24, 2.45) is 0 Å². The molecule has 2 aromatic carbocycles. The average molecular weight is 518 g/mol. The molecule has 2 aromatic heterocycles. The Balaban J connectivity index is 1.59. The molecule has 0 aliphatic carbocycles. The van der Waals surface area contributed by atoms with Crippen molar-refractivity contribution >= 4 is 40.6 Å². The lowest BCUT2D eigenvalue weighted by atomic mass is 10.0. The number of carboxylic acid groups (broad SMARTS) is 1. The lowest BCUT2D eigenvalue weighted by molar-refractivity contribution is 0.0697. The number of carboxylic acids is 1. The van der Waals surface area contributed by atoms with Crippen molar-refractivity contribution in [2.45, 2.75) is 31.8 Å². The Kier molecular flexibility index (Phi) is 6.51. The zero-order valence-corrected chi connectivity index (χ0v) is 21.3. The van der Waals surface area contributed by atoms with E-state index >= 15 is 0 Å². The number of rotatable bonds is 6. The van der Waals surface area contributed by atoms with Crippen LogP contribution in [0.25, 0.3) is 11.3 Å². The van der Waals surface area contributed by atoms with E-state index in [0.29, 0.717) is 33.1 Å². The highest BCUT2D eigenvalue weighted by atomic mass is 35.5. The van der Waals surface area contributed by atoms with Crippen molar-refractivity contribution < 1.29 is 14.3 Å². The molecule has 1 saturated heterocycles. The van der Waals surface area contributed by atoms with Crippen molar-refractivity contribution in [1.29, 1.82) is 0 Å². The van der Waals surface area contributed by atoms with Crippen molar-refractivity contribution in [1.82, 2.24) is 10.3 Å². The standard InChI is InChI=1S/C28H24ClN3O3S/c1-16(2)17-6-9-19(10-7-17)32-26(25(31-28(32)36)22-5-3-4-14-30-22)24-13-12-23(35-24)20-15-18(27(33)34)8-11-21(20)29/h3-16,25-26H,1-2H3,(H,31,36)(H,33,34). The molecule has 1 aliphatic heterocycles. The summed E-state index contributed by atoms with van der Waals surface area (Å²) >= 11 is 12.2. The second-order valence-electron chi connectivity index (χ2n) is 8.94. The first-order valence-corrected chi connectivity index (χ1v) is 12.4. The second kappa shape index (κ2) is 9.76. The van der Waals surface area contributed by atoms with E-state index in [4.69, 9.17) is 28.2 Å². The maximum atomic E-state index is 11.5. The SMILES string of the molecule is CC(C)c1ccc(N2C(=S)NC(c3ccccn3)C2c2ccc(-c3cc(C(=O)O)ccc3Cl)o2)cc1. The molecule has 3 heterocycles. The molecule has 36 heavy (non-hydrogen) atoms. The number of pyridine rings is 1. The summed E-state index contributed by atoms with van der Waals surface area (Å²) in [5.41, 5.74) is 3.65. The molecule has 1 fully saturated rings. The molecule has 182 valence electrons. The Labute approximate surface area is 219 Å². The van der Waals surface area contributed by atoms with Crippen LogP contribution in [0, 0.1) is 0 Å². The summed E-state index contributed by atoms with van der Waals surface area (Å²) < 4.78 is 6.34. The van der Waals surface area contributed by atoms with Crippen LogP contribution in [0.4, 0.5) is 5.69 Å². The summed E-state index contributed by atoms with van der Waals surface area (Å²) in [4.78, 5) is 18.1. The summed E-state index contributed by atoms with van der Waals surface area (Å²) in [6.07, 6.45) is 1.75. The van der Waals surface area contributed by atoms with Gasteiger partial charge in [-0.3, -0.25) is 4.98 Å². The van der Waals surface area contributed by atoms with Crippen LogP contribution in [0.2, 0.25) is 5.02 Å². The normalized spacial score (nSPS) is 17.4. The minimum atomic E-state index is -1.03. The smallest absolute Gasteiger partial charge is 0.335 e. The molecule has 8 heteroatoms. The third-order valence-electron chi connectivity index (χ3n) is 6.33. The number of nitrogens with one attached hydrogen (secondary N) is 1. The fraction of sp³-hybridized carbons (Fsp3) is 0.179.